The minimum Gasteiger partial charge on any atom is -0.481 e. The molecular weight excluding hydrogens is 476 g/mol. The van der Waals surface area contributed by atoms with Crippen molar-refractivity contribution in [3.05, 3.63) is 33.1 Å². The summed E-state index contributed by atoms with van der Waals surface area (Å²) in [5.41, 5.74) is 0.451. The van der Waals surface area contributed by atoms with E-state index in [9.17, 15) is 19.2 Å². The Bertz CT molecular complexity index is 911. The number of piperidine rings is 1. The molecule has 0 aromatic heterocycles. The van der Waals surface area contributed by atoms with Crippen LogP contribution in [0.1, 0.15) is 25.3 Å². The molecule has 8 nitrogen and oxygen atoms in total. The van der Waals surface area contributed by atoms with Crippen molar-refractivity contribution >= 4 is 56.8 Å². The lowest BCUT2D eigenvalue weighted by molar-refractivity contribution is -0.139. The van der Waals surface area contributed by atoms with Crippen LogP contribution >= 0.6 is 27.7 Å². The Morgan fingerprint density at radius 3 is 2.67 bits per heavy atom. The summed E-state index contributed by atoms with van der Waals surface area (Å²) in [6.45, 7) is 2.59. The standard InChI is InChI=1S/C20H21BrN2O6S/c1-12-4-6-22(7-5-12)17(24)10-23-19(27)16(30-20(23)28)9-13-8-14(21)2-3-15(13)29-11-18(25)26/h2-3,8-9,12H,4-7,10-11H2,1H3,(H,25,26)/b16-9+. The van der Waals surface area contributed by atoms with Crippen LogP contribution in [0.4, 0.5) is 4.79 Å². The van der Waals surface area contributed by atoms with Crippen molar-refractivity contribution in [1.29, 1.82) is 0 Å². The van der Waals surface area contributed by atoms with Gasteiger partial charge in [0.15, 0.2) is 6.61 Å². The number of imide groups is 1. The number of likely N-dealkylation sites (tertiary alicyclic amines) is 1. The summed E-state index contributed by atoms with van der Waals surface area (Å²) in [6.07, 6.45) is 3.30. The summed E-state index contributed by atoms with van der Waals surface area (Å²) in [4.78, 5) is 51.2. The zero-order chi connectivity index (χ0) is 21.8. The highest BCUT2D eigenvalue weighted by molar-refractivity contribution is 9.10. The van der Waals surface area contributed by atoms with Crippen molar-refractivity contribution < 1.29 is 29.0 Å². The van der Waals surface area contributed by atoms with E-state index in [0.717, 1.165) is 29.5 Å². The van der Waals surface area contributed by atoms with Gasteiger partial charge in [-0.05, 0) is 54.8 Å². The molecule has 0 radical (unpaired) electrons. The maximum Gasteiger partial charge on any atom is 0.341 e. The van der Waals surface area contributed by atoms with E-state index in [2.05, 4.69) is 22.9 Å². The van der Waals surface area contributed by atoms with Crippen molar-refractivity contribution in [2.24, 2.45) is 5.92 Å². The Balaban J connectivity index is 1.74. The largest absolute Gasteiger partial charge is 0.481 e. The smallest absolute Gasteiger partial charge is 0.341 e. The quantitative estimate of drug-likeness (QED) is 0.602. The average molecular weight is 497 g/mol. The lowest BCUT2D eigenvalue weighted by atomic mass is 9.99. The number of hydrogen-bond acceptors (Lipinski definition) is 6. The summed E-state index contributed by atoms with van der Waals surface area (Å²) >= 11 is 4.07. The molecule has 3 amide bonds. The number of rotatable bonds is 6. The van der Waals surface area contributed by atoms with Crippen molar-refractivity contribution in [2.45, 2.75) is 19.8 Å². The number of carboxylic acids is 1. The first-order valence-electron chi connectivity index (χ1n) is 9.42. The predicted molar refractivity (Wildman–Crippen MR) is 115 cm³/mol. The van der Waals surface area contributed by atoms with Gasteiger partial charge in [-0.3, -0.25) is 19.3 Å². The molecule has 10 heteroatoms. The van der Waals surface area contributed by atoms with Gasteiger partial charge in [0.25, 0.3) is 11.1 Å². The Kier molecular flexibility index (Phi) is 7.19. The van der Waals surface area contributed by atoms with E-state index in [4.69, 9.17) is 9.84 Å². The molecule has 0 bridgehead atoms. The van der Waals surface area contributed by atoms with Crippen LogP contribution in [0.15, 0.2) is 27.6 Å². The van der Waals surface area contributed by atoms with Crippen molar-refractivity contribution in [3.8, 4) is 5.75 Å². The highest BCUT2D eigenvalue weighted by Crippen LogP contribution is 2.35. The summed E-state index contributed by atoms with van der Waals surface area (Å²) in [7, 11) is 0. The monoisotopic (exact) mass is 496 g/mol. The molecule has 0 aliphatic carbocycles. The fourth-order valence-corrected chi connectivity index (χ4v) is 4.38. The number of ether oxygens (including phenoxy) is 1. The molecule has 30 heavy (non-hydrogen) atoms. The second-order valence-electron chi connectivity index (χ2n) is 7.20. The topological polar surface area (TPSA) is 104 Å². The molecule has 2 fully saturated rings. The van der Waals surface area contributed by atoms with E-state index in [0.29, 0.717) is 29.0 Å². The first kappa shape index (κ1) is 22.4. The molecule has 0 unspecified atom stereocenters. The van der Waals surface area contributed by atoms with Crippen LogP contribution in [0.5, 0.6) is 5.75 Å². The highest BCUT2D eigenvalue weighted by Gasteiger charge is 2.37. The van der Waals surface area contributed by atoms with Crippen LogP contribution in [0, 0.1) is 5.92 Å². The number of thioether (sulfide) groups is 1. The number of amides is 3. The van der Waals surface area contributed by atoms with Gasteiger partial charge in [0.05, 0.1) is 4.91 Å². The number of hydrogen-bond donors (Lipinski definition) is 1. The second kappa shape index (κ2) is 9.65. The molecule has 1 aromatic rings. The molecule has 2 saturated heterocycles. The number of benzene rings is 1. The second-order valence-corrected chi connectivity index (χ2v) is 9.10. The third-order valence-corrected chi connectivity index (χ3v) is 6.31. The van der Waals surface area contributed by atoms with Gasteiger partial charge in [0, 0.05) is 23.1 Å². The van der Waals surface area contributed by atoms with E-state index in [1.165, 1.54) is 6.08 Å². The number of halogens is 1. The fourth-order valence-electron chi connectivity index (χ4n) is 3.17. The first-order valence-corrected chi connectivity index (χ1v) is 11.0. The van der Waals surface area contributed by atoms with Gasteiger partial charge in [-0.1, -0.05) is 22.9 Å². The molecule has 1 N–H and O–H groups in total. The van der Waals surface area contributed by atoms with Gasteiger partial charge in [-0.2, -0.15) is 0 Å². The molecular formula is C20H21BrN2O6S. The summed E-state index contributed by atoms with van der Waals surface area (Å²) in [5, 5.41) is 8.32. The van der Waals surface area contributed by atoms with Crippen LogP contribution in [-0.2, 0) is 14.4 Å². The first-order chi connectivity index (χ1) is 14.2. The minimum absolute atomic E-state index is 0.151. The third kappa shape index (κ3) is 5.42. The zero-order valence-electron chi connectivity index (χ0n) is 16.3. The zero-order valence-corrected chi connectivity index (χ0v) is 18.7. The van der Waals surface area contributed by atoms with Crippen LogP contribution < -0.4 is 4.74 Å². The summed E-state index contributed by atoms with van der Waals surface area (Å²) < 4.78 is 5.96. The summed E-state index contributed by atoms with van der Waals surface area (Å²) in [5.74, 6) is -1.08. The van der Waals surface area contributed by atoms with E-state index in [-0.39, 0.29) is 23.1 Å². The predicted octanol–water partition coefficient (Wildman–Crippen LogP) is 3.21. The molecule has 0 atom stereocenters. The highest BCUT2D eigenvalue weighted by atomic mass is 79.9. The fraction of sp³-hybridized carbons (Fsp3) is 0.400. The third-order valence-electron chi connectivity index (χ3n) is 4.91. The molecule has 160 valence electrons. The number of carbonyl (C=O) groups excluding carboxylic acids is 3. The Labute approximate surface area is 186 Å². The number of carboxylic acid groups (broad SMARTS) is 1. The molecule has 3 rings (SSSR count). The maximum atomic E-state index is 12.8. The van der Waals surface area contributed by atoms with Gasteiger partial charge in [-0.25, -0.2) is 4.79 Å². The number of carbonyl (C=O) groups is 4. The van der Waals surface area contributed by atoms with Crippen LogP contribution in [0.2, 0.25) is 0 Å². The molecule has 2 aliphatic heterocycles. The molecule has 0 spiro atoms. The summed E-state index contributed by atoms with van der Waals surface area (Å²) in [6, 6.07) is 4.91. The van der Waals surface area contributed by atoms with E-state index >= 15 is 0 Å². The van der Waals surface area contributed by atoms with Crippen molar-refractivity contribution in [2.75, 3.05) is 26.2 Å². The Morgan fingerprint density at radius 2 is 2.00 bits per heavy atom. The lowest BCUT2D eigenvalue weighted by Crippen LogP contribution is -2.45. The molecule has 2 heterocycles. The normalized spacial score (nSPS) is 18.9. The molecule has 1 aromatic carbocycles. The van der Waals surface area contributed by atoms with Gasteiger partial charge in [-0.15, -0.1) is 0 Å². The minimum atomic E-state index is -1.13. The van der Waals surface area contributed by atoms with Gasteiger partial charge >= 0.3 is 5.97 Å². The Morgan fingerprint density at radius 1 is 1.30 bits per heavy atom. The van der Waals surface area contributed by atoms with Crippen molar-refractivity contribution in [1.82, 2.24) is 9.80 Å². The van der Waals surface area contributed by atoms with Gasteiger partial charge in [0.1, 0.15) is 12.3 Å². The molecule has 2 aliphatic rings. The van der Waals surface area contributed by atoms with Crippen LogP contribution in [0.3, 0.4) is 0 Å². The van der Waals surface area contributed by atoms with E-state index in [1.807, 2.05) is 0 Å². The maximum absolute atomic E-state index is 12.8. The number of aliphatic carboxylic acids is 1. The molecule has 0 saturated carbocycles. The number of nitrogens with zero attached hydrogens (tertiary/aromatic N) is 2. The van der Waals surface area contributed by atoms with E-state index in [1.54, 1.807) is 23.1 Å². The lowest BCUT2D eigenvalue weighted by Gasteiger charge is -2.31. The van der Waals surface area contributed by atoms with E-state index < -0.39 is 23.7 Å². The SMILES string of the molecule is CC1CCN(C(=O)CN2C(=O)S/C(=C/c3cc(Br)ccc3OCC(=O)O)C2=O)CC1. The van der Waals surface area contributed by atoms with Gasteiger partial charge < -0.3 is 14.7 Å². The van der Waals surface area contributed by atoms with Crippen LogP contribution in [0.25, 0.3) is 6.08 Å². The average Bonchev–Trinajstić information content (AvgIpc) is 2.95. The van der Waals surface area contributed by atoms with Crippen molar-refractivity contribution in [3.63, 3.8) is 0 Å². The Hall–Kier alpha value is -2.33. The van der Waals surface area contributed by atoms with Crippen LogP contribution in [-0.4, -0.2) is 64.2 Å². The van der Waals surface area contributed by atoms with Gasteiger partial charge in [0.2, 0.25) is 5.91 Å².